The molecule has 0 saturated carbocycles. The van der Waals surface area contributed by atoms with Crippen molar-refractivity contribution in [3.63, 3.8) is 0 Å². The minimum atomic E-state index is -3.72. The van der Waals surface area contributed by atoms with Crippen LogP contribution in [0.25, 0.3) is 0 Å². The van der Waals surface area contributed by atoms with E-state index >= 15 is 0 Å². The molecule has 0 unspecified atom stereocenters. The Hall–Kier alpha value is -0.920. The van der Waals surface area contributed by atoms with Crippen LogP contribution in [-0.4, -0.2) is 36.9 Å². The lowest BCUT2D eigenvalue weighted by molar-refractivity contribution is -0.140. The predicted molar refractivity (Wildman–Crippen MR) is 65.8 cm³/mol. The Labute approximate surface area is 105 Å². The Morgan fingerprint density at radius 2 is 2.00 bits per heavy atom. The number of carboxylic acid groups (broad SMARTS) is 1. The standard InChI is InChI=1S/C10H15NO4S2/c1-6-5-7(2)16-10(6)17(14,15)11(4)8(3)9(12)13/h5,8H,1-4H3,(H,12,13)/t8-/m0/s1. The number of thiophene rings is 1. The predicted octanol–water partition coefficient (Wildman–Crippen LogP) is 1.46. The number of aryl methyl sites for hydroxylation is 2. The summed E-state index contributed by atoms with van der Waals surface area (Å²) in [5.74, 6) is -1.16. The van der Waals surface area contributed by atoms with Crippen LogP contribution in [-0.2, 0) is 14.8 Å². The monoisotopic (exact) mass is 277 g/mol. The lowest BCUT2D eigenvalue weighted by Gasteiger charge is -2.20. The fourth-order valence-corrected chi connectivity index (χ4v) is 4.52. The molecule has 0 radical (unpaired) electrons. The van der Waals surface area contributed by atoms with Gasteiger partial charge in [-0.25, -0.2) is 8.42 Å². The molecule has 0 amide bonds. The molecule has 0 aliphatic heterocycles. The van der Waals surface area contributed by atoms with Crippen molar-refractivity contribution in [3.8, 4) is 0 Å². The summed E-state index contributed by atoms with van der Waals surface area (Å²) in [6.07, 6.45) is 0. The third kappa shape index (κ3) is 2.67. The van der Waals surface area contributed by atoms with Crippen LogP contribution in [0.1, 0.15) is 17.4 Å². The summed E-state index contributed by atoms with van der Waals surface area (Å²) in [7, 11) is -2.44. The van der Waals surface area contributed by atoms with E-state index < -0.39 is 22.0 Å². The summed E-state index contributed by atoms with van der Waals surface area (Å²) < 4.78 is 25.5. The van der Waals surface area contributed by atoms with Crippen LogP contribution in [0, 0.1) is 13.8 Å². The Bertz CT molecular complexity index is 533. The van der Waals surface area contributed by atoms with Gasteiger partial charge in [-0.1, -0.05) is 0 Å². The zero-order valence-corrected chi connectivity index (χ0v) is 11.7. The van der Waals surface area contributed by atoms with Gasteiger partial charge < -0.3 is 5.11 Å². The smallest absolute Gasteiger partial charge is 0.321 e. The van der Waals surface area contributed by atoms with Gasteiger partial charge in [-0.05, 0) is 32.4 Å². The van der Waals surface area contributed by atoms with E-state index in [-0.39, 0.29) is 4.21 Å². The van der Waals surface area contributed by atoms with Gasteiger partial charge in [-0.3, -0.25) is 4.79 Å². The van der Waals surface area contributed by atoms with Gasteiger partial charge in [0, 0.05) is 11.9 Å². The van der Waals surface area contributed by atoms with E-state index in [2.05, 4.69) is 0 Å². The Morgan fingerprint density at radius 3 is 2.35 bits per heavy atom. The number of carbonyl (C=O) groups is 1. The zero-order chi connectivity index (χ0) is 13.4. The third-order valence-corrected chi connectivity index (χ3v) is 6.21. The van der Waals surface area contributed by atoms with Crippen molar-refractivity contribution in [2.75, 3.05) is 7.05 Å². The molecular weight excluding hydrogens is 262 g/mol. The first-order chi connectivity index (χ1) is 7.67. The van der Waals surface area contributed by atoms with Gasteiger partial charge in [0.05, 0.1) is 0 Å². The summed E-state index contributed by atoms with van der Waals surface area (Å²) in [5.41, 5.74) is 0.650. The molecule has 0 aromatic carbocycles. The topological polar surface area (TPSA) is 74.7 Å². The molecule has 1 atom stereocenters. The van der Waals surface area contributed by atoms with Crippen LogP contribution in [0.4, 0.5) is 0 Å². The van der Waals surface area contributed by atoms with Gasteiger partial charge in [0.1, 0.15) is 10.3 Å². The molecule has 0 saturated heterocycles. The van der Waals surface area contributed by atoms with Crippen molar-refractivity contribution in [2.45, 2.75) is 31.0 Å². The molecule has 96 valence electrons. The van der Waals surface area contributed by atoms with Gasteiger partial charge >= 0.3 is 5.97 Å². The quantitative estimate of drug-likeness (QED) is 0.904. The lowest BCUT2D eigenvalue weighted by atomic mass is 10.3. The third-order valence-electron chi connectivity index (χ3n) is 2.51. The maximum absolute atomic E-state index is 12.2. The molecule has 1 aromatic rings. The largest absolute Gasteiger partial charge is 0.480 e. The van der Waals surface area contributed by atoms with Gasteiger partial charge in [0.25, 0.3) is 10.0 Å². The highest BCUT2D eigenvalue weighted by Crippen LogP contribution is 2.28. The Kier molecular flexibility index (Phi) is 3.95. The SMILES string of the molecule is Cc1cc(C)c(S(=O)(=O)N(C)[C@@H](C)C(=O)O)s1. The van der Waals surface area contributed by atoms with E-state index in [1.54, 1.807) is 13.0 Å². The van der Waals surface area contributed by atoms with Crippen molar-refractivity contribution < 1.29 is 18.3 Å². The first kappa shape index (κ1) is 14.1. The van der Waals surface area contributed by atoms with E-state index in [0.717, 1.165) is 20.5 Å². The number of hydrogen-bond donors (Lipinski definition) is 1. The van der Waals surface area contributed by atoms with Crippen LogP contribution in [0.15, 0.2) is 10.3 Å². The molecule has 7 heteroatoms. The van der Waals surface area contributed by atoms with Crippen molar-refractivity contribution in [3.05, 3.63) is 16.5 Å². The number of carboxylic acids is 1. The zero-order valence-electron chi connectivity index (χ0n) is 10.1. The Balaban J connectivity index is 3.20. The highest BCUT2D eigenvalue weighted by Gasteiger charge is 2.31. The van der Waals surface area contributed by atoms with Crippen LogP contribution < -0.4 is 0 Å². The fraction of sp³-hybridized carbons (Fsp3) is 0.500. The second kappa shape index (κ2) is 4.75. The molecular formula is C10H15NO4S2. The number of aliphatic carboxylic acids is 1. The highest BCUT2D eigenvalue weighted by atomic mass is 32.2. The molecule has 0 fully saturated rings. The van der Waals surface area contributed by atoms with E-state index in [4.69, 9.17) is 5.11 Å². The summed E-state index contributed by atoms with van der Waals surface area (Å²) in [5, 5.41) is 8.83. The molecule has 0 bridgehead atoms. The molecule has 1 heterocycles. The molecule has 1 rings (SSSR count). The molecule has 0 spiro atoms. The van der Waals surface area contributed by atoms with Crippen LogP contribution >= 0.6 is 11.3 Å². The number of rotatable bonds is 4. The number of likely N-dealkylation sites (N-methyl/N-ethyl adjacent to an activating group) is 1. The number of nitrogens with zero attached hydrogens (tertiary/aromatic N) is 1. The van der Waals surface area contributed by atoms with Crippen LogP contribution in [0.5, 0.6) is 0 Å². The number of hydrogen-bond acceptors (Lipinski definition) is 4. The van der Waals surface area contributed by atoms with Gasteiger partial charge in [0.2, 0.25) is 0 Å². The summed E-state index contributed by atoms with van der Waals surface area (Å²) in [4.78, 5) is 11.7. The minimum absolute atomic E-state index is 0.214. The van der Waals surface area contributed by atoms with Crippen molar-refractivity contribution in [2.24, 2.45) is 0 Å². The molecule has 0 aliphatic carbocycles. The van der Waals surface area contributed by atoms with Crippen LogP contribution in [0.3, 0.4) is 0 Å². The van der Waals surface area contributed by atoms with Crippen molar-refractivity contribution >= 4 is 27.3 Å². The number of sulfonamides is 1. The van der Waals surface area contributed by atoms with E-state index in [1.807, 2.05) is 6.92 Å². The molecule has 17 heavy (non-hydrogen) atoms. The first-order valence-electron chi connectivity index (χ1n) is 4.95. The van der Waals surface area contributed by atoms with E-state index in [9.17, 15) is 13.2 Å². The first-order valence-corrected chi connectivity index (χ1v) is 7.21. The Morgan fingerprint density at radius 1 is 1.47 bits per heavy atom. The summed E-state index contributed by atoms with van der Waals surface area (Å²) >= 11 is 1.16. The second-order valence-electron chi connectivity index (χ2n) is 3.86. The van der Waals surface area contributed by atoms with E-state index in [1.165, 1.54) is 14.0 Å². The van der Waals surface area contributed by atoms with E-state index in [0.29, 0.717) is 5.56 Å². The highest BCUT2D eigenvalue weighted by molar-refractivity contribution is 7.91. The lowest BCUT2D eigenvalue weighted by Crippen LogP contribution is -2.40. The average Bonchev–Trinajstić information content (AvgIpc) is 2.56. The minimum Gasteiger partial charge on any atom is -0.480 e. The van der Waals surface area contributed by atoms with Crippen LogP contribution in [0.2, 0.25) is 0 Å². The molecule has 5 nitrogen and oxygen atoms in total. The molecule has 1 aromatic heterocycles. The van der Waals surface area contributed by atoms with Crippen molar-refractivity contribution in [1.82, 2.24) is 4.31 Å². The summed E-state index contributed by atoms with van der Waals surface area (Å²) in [6, 6.07) is 0.693. The average molecular weight is 277 g/mol. The van der Waals surface area contributed by atoms with Crippen molar-refractivity contribution in [1.29, 1.82) is 0 Å². The fourth-order valence-electron chi connectivity index (χ4n) is 1.37. The van der Waals surface area contributed by atoms with Gasteiger partial charge in [-0.2, -0.15) is 4.31 Å². The van der Waals surface area contributed by atoms with Gasteiger partial charge in [-0.15, -0.1) is 11.3 Å². The second-order valence-corrected chi connectivity index (χ2v) is 7.31. The summed E-state index contributed by atoms with van der Waals surface area (Å²) in [6.45, 7) is 4.86. The molecule has 1 N–H and O–H groups in total. The normalized spacial score (nSPS) is 13.9. The maximum atomic E-state index is 12.2. The van der Waals surface area contributed by atoms with Gasteiger partial charge in [0.15, 0.2) is 0 Å². The molecule has 0 aliphatic rings. The maximum Gasteiger partial charge on any atom is 0.321 e.